The third-order valence-electron chi connectivity index (χ3n) is 4.39. The summed E-state index contributed by atoms with van der Waals surface area (Å²) >= 11 is 0. The van der Waals surface area contributed by atoms with Crippen molar-refractivity contribution in [1.82, 2.24) is 4.90 Å². The third kappa shape index (κ3) is 4.37. The number of carbonyl (C=O) groups is 1. The van der Waals surface area contributed by atoms with Gasteiger partial charge in [-0.2, -0.15) is 13.2 Å². The Morgan fingerprint density at radius 3 is 2.30 bits per heavy atom. The number of hydrogen-bond donors (Lipinski definition) is 0. The van der Waals surface area contributed by atoms with E-state index in [0.29, 0.717) is 12.8 Å². The molecule has 0 aliphatic carbocycles. The maximum Gasteiger partial charge on any atom is 0.417 e. The number of likely N-dealkylation sites (tertiary alicyclic amines) is 1. The van der Waals surface area contributed by atoms with E-state index in [9.17, 15) is 26.7 Å². The summed E-state index contributed by atoms with van der Waals surface area (Å²) in [5.41, 5.74) is -1.35. The number of carbonyl (C=O) groups excluding carboxylic acids is 1. The Bertz CT molecular complexity index is 829. The first-order valence-corrected chi connectivity index (χ1v) is 8.33. The molecule has 3 rings (SSSR count). The van der Waals surface area contributed by atoms with Gasteiger partial charge in [0, 0.05) is 32.0 Å². The van der Waals surface area contributed by atoms with Gasteiger partial charge < -0.3 is 9.64 Å². The Morgan fingerprint density at radius 2 is 1.67 bits per heavy atom. The third-order valence-corrected chi connectivity index (χ3v) is 4.39. The van der Waals surface area contributed by atoms with Crippen molar-refractivity contribution in [2.45, 2.75) is 25.1 Å². The van der Waals surface area contributed by atoms with Crippen LogP contribution in [0.1, 0.15) is 28.8 Å². The molecule has 1 aliphatic rings. The van der Waals surface area contributed by atoms with Gasteiger partial charge in [-0.25, -0.2) is 8.78 Å². The number of nitrogens with zero attached hydrogens (tertiary/aromatic N) is 1. The molecule has 0 saturated carbocycles. The van der Waals surface area contributed by atoms with Crippen LogP contribution in [0.4, 0.5) is 22.0 Å². The van der Waals surface area contributed by atoms with Gasteiger partial charge in [-0.05, 0) is 24.3 Å². The Balaban J connectivity index is 1.64. The smallest absolute Gasteiger partial charge is 0.417 e. The molecule has 1 aliphatic heterocycles. The molecule has 1 heterocycles. The Morgan fingerprint density at radius 1 is 1.00 bits per heavy atom. The minimum absolute atomic E-state index is 0.168. The van der Waals surface area contributed by atoms with Crippen molar-refractivity contribution in [1.29, 1.82) is 0 Å². The van der Waals surface area contributed by atoms with Crippen LogP contribution in [0.3, 0.4) is 0 Å². The summed E-state index contributed by atoms with van der Waals surface area (Å²) < 4.78 is 71.0. The van der Waals surface area contributed by atoms with Crippen molar-refractivity contribution in [3.63, 3.8) is 0 Å². The van der Waals surface area contributed by atoms with Crippen LogP contribution >= 0.6 is 0 Å². The van der Waals surface area contributed by atoms with Gasteiger partial charge in [0.15, 0.2) is 11.6 Å². The van der Waals surface area contributed by atoms with Gasteiger partial charge in [0.2, 0.25) is 0 Å². The van der Waals surface area contributed by atoms with E-state index in [-0.39, 0.29) is 30.5 Å². The van der Waals surface area contributed by atoms with Crippen molar-refractivity contribution in [2.24, 2.45) is 0 Å². The number of rotatable bonds is 3. The highest BCUT2D eigenvalue weighted by molar-refractivity contribution is 5.96. The molecule has 0 N–H and O–H groups in total. The summed E-state index contributed by atoms with van der Waals surface area (Å²) in [7, 11) is 0. The van der Waals surface area contributed by atoms with Crippen LogP contribution < -0.4 is 4.74 Å². The zero-order valence-corrected chi connectivity index (χ0v) is 14.1. The normalized spacial score (nSPS) is 15.7. The summed E-state index contributed by atoms with van der Waals surface area (Å²) in [4.78, 5) is 13.9. The highest BCUT2D eigenvalue weighted by Gasteiger charge is 2.36. The minimum Gasteiger partial charge on any atom is -0.490 e. The monoisotopic (exact) mass is 385 g/mol. The number of halogens is 5. The molecule has 3 nitrogen and oxygen atoms in total. The van der Waals surface area contributed by atoms with Crippen LogP contribution in [-0.4, -0.2) is 30.0 Å². The second-order valence-corrected chi connectivity index (χ2v) is 6.23. The van der Waals surface area contributed by atoms with Gasteiger partial charge in [0.1, 0.15) is 11.9 Å². The van der Waals surface area contributed by atoms with Crippen LogP contribution in [0.25, 0.3) is 0 Å². The molecule has 1 saturated heterocycles. The number of alkyl halides is 3. The van der Waals surface area contributed by atoms with Crippen LogP contribution in [-0.2, 0) is 6.18 Å². The Labute approximate surface area is 152 Å². The first-order chi connectivity index (χ1) is 12.8. The lowest BCUT2D eigenvalue weighted by Gasteiger charge is -2.32. The first kappa shape index (κ1) is 19.1. The van der Waals surface area contributed by atoms with Gasteiger partial charge in [0.25, 0.3) is 5.91 Å². The molecule has 2 aromatic rings. The predicted molar refractivity (Wildman–Crippen MR) is 87.4 cm³/mol. The van der Waals surface area contributed by atoms with Crippen molar-refractivity contribution in [3.8, 4) is 5.75 Å². The van der Waals surface area contributed by atoms with Crippen molar-refractivity contribution in [2.75, 3.05) is 13.1 Å². The molecule has 0 aromatic heterocycles. The molecule has 0 radical (unpaired) electrons. The fraction of sp³-hybridized carbons (Fsp3) is 0.316. The lowest BCUT2D eigenvalue weighted by Crippen LogP contribution is -2.42. The van der Waals surface area contributed by atoms with Gasteiger partial charge in [0.05, 0.1) is 11.1 Å². The molecular weight excluding hydrogens is 369 g/mol. The molecule has 8 heteroatoms. The summed E-state index contributed by atoms with van der Waals surface area (Å²) in [5.74, 6) is -2.52. The van der Waals surface area contributed by atoms with E-state index < -0.39 is 29.3 Å². The van der Waals surface area contributed by atoms with E-state index in [4.69, 9.17) is 4.74 Å². The van der Waals surface area contributed by atoms with E-state index in [1.807, 2.05) is 0 Å². The number of benzene rings is 2. The largest absolute Gasteiger partial charge is 0.490 e. The second kappa shape index (κ2) is 7.54. The molecule has 144 valence electrons. The number of hydrogen-bond acceptors (Lipinski definition) is 2. The quantitative estimate of drug-likeness (QED) is 0.719. The van der Waals surface area contributed by atoms with Crippen molar-refractivity contribution in [3.05, 3.63) is 65.2 Å². The van der Waals surface area contributed by atoms with Gasteiger partial charge in [-0.1, -0.05) is 12.1 Å². The molecule has 2 aromatic carbocycles. The van der Waals surface area contributed by atoms with Crippen LogP contribution in [0.5, 0.6) is 5.75 Å². The van der Waals surface area contributed by atoms with Gasteiger partial charge in [-0.3, -0.25) is 4.79 Å². The van der Waals surface area contributed by atoms with Crippen LogP contribution in [0.2, 0.25) is 0 Å². The fourth-order valence-electron chi connectivity index (χ4n) is 3.01. The molecule has 0 atom stereocenters. The standard InChI is InChI=1S/C19H16F5NO2/c20-16-6-5-13(11-17(16)21)27-12-7-9-25(10-8-12)18(26)14-3-1-2-4-15(14)19(22,23)24/h1-6,11-12H,7-10H2. The number of ether oxygens (including phenoxy) is 1. The summed E-state index contributed by atoms with van der Waals surface area (Å²) in [6.45, 7) is 0.415. The maximum absolute atomic E-state index is 13.2. The van der Waals surface area contributed by atoms with E-state index in [1.165, 1.54) is 23.1 Å². The lowest BCUT2D eigenvalue weighted by atomic mass is 10.0. The number of piperidine rings is 1. The topological polar surface area (TPSA) is 29.5 Å². The molecule has 0 bridgehead atoms. The first-order valence-electron chi connectivity index (χ1n) is 8.33. The lowest BCUT2D eigenvalue weighted by molar-refractivity contribution is -0.138. The molecular formula is C19H16F5NO2. The predicted octanol–water partition coefficient (Wildman–Crippen LogP) is 4.67. The zero-order valence-electron chi connectivity index (χ0n) is 14.1. The molecule has 0 unspecified atom stereocenters. The van der Waals surface area contributed by atoms with Crippen molar-refractivity contribution >= 4 is 5.91 Å². The number of amides is 1. The highest BCUT2D eigenvalue weighted by Crippen LogP contribution is 2.33. The second-order valence-electron chi connectivity index (χ2n) is 6.23. The zero-order chi connectivity index (χ0) is 19.6. The van der Waals surface area contributed by atoms with E-state index >= 15 is 0 Å². The molecule has 0 spiro atoms. The van der Waals surface area contributed by atoms with Crippen molar-refractivity contribution < 1.29 is 31.5 Å². The summed E-state index contributed by atoms with van der Waals surface area (Å²) in [5, 5.41) is 0. The SMILES string of the molecule is O=C(c1ccccc1C(F)(F)F)N1CCC(Oc2ccc(F)c(F)c2)CC1. The van der Waals surface area contributed by atoms with Gasteiger partial charge in [-0.15, -0.1) is 0 Å². The average Bonchev–Trinajstić information content (AvgIpc) is 2.64. The van der Waals surface area contributed by atoms with Crippen LogP contribution in [0, 0.1) is 11.6 Å². The minimum atomic E-state index is -4.61. The summed E-state index contributed by atoms with van der Waals surface area (Å²) in [6.07, 6.45) is -4.20. The maximum atomic E-state index is 13.2. The summed E-state index contributed by atoms with van der Waals surface area (Å²) in [6, 6.07) is 7.86. The van der Waals surface area contributed by atoms with Crippen LogP contribution in [0.15, 0.2) is 42.5 Å². The average molecular weight is 385 g/mol. The van der Waals surface area contributed by atoms with E-state index in [2.05, 4.69) is 0 Å². The fourth-order valence-corrected chi connectivity index (χ4v) is 3.01. The Kier molecular flexibility index (Phi) is 5.34. The highest BCUT2D eigenvalue weighted by atomic mass is 19.4. The van der Waals surface area contributed by atoms with Gasteiger partial charge >= 0.3 is 6.18 Å². The Hall–Kier alpha value is -2.64. The molecule has 1 fully saturated rings. The molecule has 27 heavy (non-hydrogen) atoms. The van der Waals surface area contributed by atoms with E-state index in [0.717, 1.165) is 24.3 Å². The molecule has 1 amide bonds. The van der Waals surface area contributed by atoms with E-state index in [1.54, 1.807) is 0 Å².